The van der Waals surface area contributed by atoms with Crippen LogP contribution in [0.4, 0.5) is 5.69 Å². The van der Waals surface area contributed by atoms with Crippen molar-refractivity contribution < 1.29 is 14.3 Å². The Morgan fingerprint density at radius 2 is 2.10 bits per heavy atom. The molecule has 0 saturated heterocycles. The van der Waals surface area contributed by atoms with E-state index in [1.54, 1.807) is 31.4 Å². The Morgan fingerprint density at radius 1 is 1.34 bits per heavy atom. The van der Waals surface area contributed by atoms with Gasteiger partial charge in [0.2, 0.25) is 11.8 Å². The number of nitrogens with zero attached hydrogens (tertiary/aromatic N) is 1. The van der Waals surface area contributed by atoms with Gasteiger partial charge in [0.05, 0.1) is 29.5 Å². The minimum Gasteiger partial charge on any atom is -0.497 e. The Morgan fingerprint density at radius 3 is 2.76 bits per heavy atom. The highest BCUT2D eigenvalue weighted by molar-refractivity contribution is 9.10. The molecule has 29 heavy (non-hydrogen) atoms. The molecule has 1 heterocycles. The number of ether oxygens (including phenoxy) is 1. The molecule has 1 aliphatic rings. The summed E-state index contributed by atoms with van der Waals surface area (Å²) >= 11 is 4.57. The van der Waals surface area contributed by atoms with Crippen molar-refractivity contribution in [1.29, 1.82) is 5.26 Å². The number of nitrogens with one attached hydrogen (secondary N) is 2. The Kier molecular flexibility index (Phi) is 6.96. The lowest BCUT2D eigenvalue weighted by molar-refractivity contribution is -0.121. The van der Waals surface area contributed by atoms with Crippen LogP contribution in [0.5, 0.6) is 5.75 Å². The molecule has 6 nitrogen and oxygen atoms in total. The van der Waals surface area contributed by atoms with E-state index in [2.05, 4.69) is 32.6 Å². The van der Waals surface area contributed by atoms with Gasteiger partial charge in [-0.2, -0.15) is 5.26 Å². The number of amides is 2. The van der Waals surface area contributed by atoms with Crippen molar-refractivity contribution in [3.8, 4) is 11.8 Å². The second-order valence-corrected chi connectivity index (χ2v) is 8.18. The van der Waals surface area contributed by atoms with Crippen LogP contribution < -0.4 is 15.4 Å². The number of hydrogen-bond donors (Lipinski definition) is 2. The summed E-state index contributed by atoms with van der Waals surface area (Å²) in [6.07, 6.45) is 0.196. The quantitative estimate of drug-likeness (QED) is 0.659. The van der Waals surface area contributed by atoms with E-state index in [4.69, 9.17) is 4.74 Å². The van der Waals surface area contributed by atoms with Gasteiger partial charge in [-0.15, -0.1) is 0 Å². The molecule has 2 aromatic carbocycles. The van der Waals surface area contributed by atoms with Crippen LogP contribution in [0.1, 0.15) is 17.9 Å². The Labute approximate surface area is 181 Å². The third kappa shape index (κ3) is 5.40. The smallest absolute Gasteiger partial charge is 0.234 e. The van der Waals surface area contributed by atoms with Crippen molar-refractivity contribution in [3.05, 3.63) is 69.2 Å². The number of nitriles is 1. The van der Waals surface area contributed by atoms with E-state index in [0.717, 1.165) is 21.8 Å². The SMILES string of the molecule is COc1ccc(NC(=O)CSC2=C(C#N)[C@H](c3cccc(Br)c3)CC(=O)N2)cc1. The number of halogens is 1. The lowest BCUT2D eigenvalue weighted by atomic mass is 9.87. The molecular weight excluding hydrogens is 454 g/mol. The molecule has 2 N–H and O–H groups in total. The molecule has 0 aromatic heterocycles. The molecule has 3 rings (SSSR count). The van der Waals surface area contributed by atoms with Crippen molar-refractivity contribution in [2.45, 2.75) is 12.3 Å². The molecule has 2 amide bonds. The first-order valence-corrected chi connectivity index (χ1v) is 10.5. The lowest BCUT2D eigenvalue weighted by Gasteiger charge is -2.25. The fourth-order valence-electron chi connectivity index (χ4n) is 2.95. The number of allylic oxidation sites excluding steroid dienone is 1. The zero-order chi connectivity index (χ0) is 20.8. The summed E-state index contributed by atoms with van der Waals surface area (Å²) < 4.78 is 5.97. The standard InChI is InChI=1S/C21H18BrN3O3S/c1-28-16-7-5-15(6-8-16)24-20(27)12-29-21-18(11-23)17(10-19(26)25-21)13-3-2-4-14(22)9-13/h2-9,17H,10,12H2,1H3,(H,24,27)(H,25,26)/t17-/m0/s1. The lowest BCUT2D eigenvalue weighted by Crippen LogP contribution is -2.31. The topological polar surface area (TPSA) is 91.2 Å². The highest BCUT2D eigenvalue weighted by Gasteiger charge is 2.30. The first-order valence-electron chi connectivity index (χ1n) is 8.76. The minimum absolute atomic E-state index is 0.0675. The summed E-state index contributed by atoms with van der Waals surface area (Å²) in [4.78, 5) is 24.5. The third-order valence-corrected chi connectivity index (χ3v) is 5.84. The van der Waals surface area contributed by atoms with Crippen molar-refractivity contribution >= 4 is 45.2 Å². The number of carbonyl (C=O) groups is 2. The largest absolute Gasteiger partial charge is 0.497 e. The average Bonchev–Trinajstić information content (AvgIpc) is 2.72. The third-order valence-electron chi connectivity index (χ3n) is 4.33. The second kappa shape index (κ2) is 9.63. The number of rotatable bonds is 6. The zero-order valence-electron chi connectivity index (χ0n) is 15.6. The van der Waals surface area contributed by atoms with Crippen molar-refractivity contribution in [2.24, 2.45) is 0 Å². The van der Waals surface area contributed by atoms with Gasteiger partial charge in [-0.05, 0) is 42.0 Å². The molecule has 2 aromatic rings. The van der Waals surface area contributed by atoms with Crippen LogP contribution in [0, 0.1) is 11.3 Å². The Bertz CT molecular complexity index is 999. The number of benzene rings is 2. The van der Waals surface area contributed by atoms with Crippen molar-refractivity contribution in [3.63, 3.8) is 0 Å². The van der Waals surface area contributed by atoms with Crippen LogP contribution in [0.15, 0.2) is 63.6 Å². The summed E-state index contributed by atoms with van der Waals surface area (Å²) in [5.74, 6) is 0.0248. The number of carbonyl (C=O) groups excluding carboxylic acids is 2. The van der Waals surface area contributed by atoms with Gasteiger partial charge in [0.15, 0.2) is 0 Å². The second-order valence-electron chi connectivity index (χ2n) is 6.28. The van der Waals surface area contributed by atoms with Crippen molar-refractivity contribution in [1.82, 2.24) is 5.32 Å². The van der Waals surface area contributed by atoms with Crippen LogP contribution in [-0.2, 0) is 9.59 Å². The maximum Gasteiger partial charge on any atom is 0.234 e. The monoisotopic (exact) mass is 471 g/mol. The predicted molar refractivity (Wildman–Crippen MR) is 116 cm³/mol. The normalized spacial score (nSPS) is 16.0. The van der Waals surface area contributed by atoms with Crippen LogP contribution in [0.2, 0.25) is 0 Å². The number of anilines is 1. The highest BCUT2D eigenvalue weighted by atomic mass is 79.9. The molecule has 1 aliphatic heterocycles. The number of hydrogen-bond acceptors (Lipinski definition) is 5. The molecule has 8 heteroatoms. The fourth-order valence-corrected chi connectivity index (χ4v) is 4.24. The van der Waals surface area contributed by atoms with Crippen LogP contribution in [-0.4, -0.2) is 24.7 Å². The van der Waals surface area contributed by atoms with E-state index < -0.39 is 0 Å². The Hall–Kier alpha value is -2.76. The van der Waals surface area contributed by atoms with E-state index in [0.29, 0.717) is 22.0 Å². The van der Waals surface area contributed by atoms with E-state index in [1.807, 2.05) is 24.3 Å². The van der Waals surface area contributed by atoms with Gasteiger partial charge in [0.25, 0.3) is 0 Å². The summed E-state index contributed by atoms with van der Waals surface area (Å²) in [6, 6.07) is 16.8. The summed E-state index contributed by atoms with van der Waals surface area (Å²) in [6.45, 7) is 0. The van der Waals surface area contributed by atoms with Gasteiger partial charge in [-0.1, -0.05) is 39.8 Å². The molecule has 0 bridgehead atoms. The number of thioether (sulfide) groups is 1. The fraction of sp³-hybridized carbons (Fsp3) is 0.190. The molecule has 0 unspecified atom stereocenters. The molecule has 0 fully saturated rings. The van der Waals surface area contributed by atoms with E-state index in [1.165, 1.54) is 0 Å². The van der Waals surface area contributed by atoms with E-state index in [-0.39, 0.29) is 29.9 Å². The maximum atomic E-state index is 12.3. The molecule has 0 radical (unpaired) electrons. The van der Waals surface area contributed by atoms with Gasteiger partial charge in [-0.3, -0.25) is 9.59 Å². The van der Waals surface area contributed by atoms with Crippen LogP contribution in [0.3, 0.4) is 0 Å². The summed E-state index contributed by atoms with van der Waals surface area (Å²) in [5, 5.41) is 15.7. The first-order chi connectivity index (χ1) is 14.0. The number of methoxy groups -OCH3 is 1. The maximum absolute atomic E-state index is 12.3. The van der Waals surface area contributed by atoms with Gasteiger partial charge < -0.3 is 15.4 Å². The molecule has 0 spiro atoms. The van der Waals surface area contributed by atoms with E-state index in [9.17, 15) is 14.9 Å². The average molecular weight is 472 g/mol. The summed E-state index contributed by atoms with van der Waals surface area (Å²) in [5.41, 5.74) is 1.99. The summed E-state index contributed by atoms with van der Waals surface area (Å²) in [7, 11) is 1.57. The van der Waals surface area contributed by atoms with Gasteiger partial charge in [-0.25, -0.2) is 0 Å². The zero-order valence-corrected chi connectivity index (χ0v) is 18.0. The van der Waals surface area contributed by atoms with Gasteiger partial charge in [0, 0.05) is 22.5 Å². The van der Waals surface area contributed by atoms with Crippen LogP contribution >= 0.6 is 27.7 Å². The molecule has 148 valence electrons. The molecule has 0 aliphatic carbocycles. The molecule has 1 atom stereocenters. The van der Waals surface area contributed by atoms with Gasteiger partial charge >= 0.3 is 0 Å². The molecule has 0 saturated carbocycles. The highest BCUT2D eigenvalue weighted by Crippen LogP contribution is 2.36. The minimum atomic E-state index is -0.335. The first kappa shape index (κ1) is 21.0. The van der Waals surface area contributed by atoms with Crippen LogP contribution in [0.25, 0.3) is 0 Å². The molecular formula is C21H18BrN3O3S. The Balaban J connectivity index is 1.72. The van der Waals surface area contributed by atoms with Crippen molar-refractivity contribution in [2.75, 3.05) is 18.2 Å². The van der Waals surface area contributed by atoms with Gasteiger partial charge in [0.1, 0.15) is 5.75 Å². The van der Waals surface area contributed by atoms with E-state index >= 15 is 0 Å². The predicted octanol–water partition coefficient (Wildman–Crippen LogP) is 4.17.